The summed E-state index contributed by atoms with van der Waals surface area (Å²) in [7, 11) is 0. The summed E-state index contributed by atoms with van der Waals surface area (Å²) in [5.41, 5.74) is 1.53. The molecule has 5 nitrogen and oxygen atoms in total. The Bertz CT molecular complexity index is 595. The van der Waals surface area contributed by atoms with Crippen molar-refractivity contribution in [3.8, 4) is 0 Å². The zero-order valence-corrected chi connectivity index (χ0v) is 16.0. The molecular formula is C20H31NO4. The Balaban J connectivity index is 2.33. The number of carboxylic acids is 1. The molecule has 0 amide bonds. The molecule has 1 aromatic carbocycles. The predicted octanol–water partition coefficient (Wildman–Crippen LogP) is 3.81. The third kappa shape index (κ3) is 3.67. The zero-order chi connectivity index (χ0) is 18.7. The van der Waals surface area contributed by atoms with Crippen LogP contribution in [0.1, 0.15) is 53.0 Å². The lowest BCUT2D eigenvalue weighted by molar-refractivity contribution is -0.139. The van der Waals surface area contributed by atoms with Gasteiger partial charge in [-0.25, -0.2) is 0 Å². The van der Waals surface area contributed by atoms with E-state index >= 15 is 0 Å². The lowest BCUT2D eigenvalue weighted by Crippen LogP contribution is -2.55. The molecule has 1 aliphatic heterocycles. The van der Waals surface area contributed by atoms with Gasteiger partial charge in [-0.05, 0) is 32.4 Å². The number of para-hydroxylation sites is 1. The van der Waals surface area contributed by atoms with Crippen molar-refractivity contribution in [3.05, 3.63) is 29.8 Å². The molecule has 0 aliphatic carbocycles. The first kappa shape index (κ1) is 19.7. The molecule has 1 aliphatic rings. The molecule has 1 aromatic rings. The molecule has 140 valence electrons. The summed E-state index contributed by atoms with van der Waals surface area (Å²) in [4.78, 5) is 13.8. The van der Waals surface area contributed by atoms with Crippen LogP contribution < -0.4 is 4.90 Å². The number of carbonyl (C=O) groups is 1. The second kappa shape index (κ2) is 7.75. The topological polar surface area (TPSA) is 59.0 Å². The zero-order valence-electron chi connectivity index (χ0n) is 16.0. The van der Waals surface area contributed by atoms with Crippen LogP contribution in [0.25, 0.3) is 0 Å². The second-order valence-electron chi connectivity index (χ2n) is 7.27. The van der Waals surface area contributed by atoms with Crippen molar-refractivity contribution in [2.24, 2.45) is 0 Å². The summed E-state index contributed by atoms with van der Waals surface area (Å²) < 4.78 is 11.3. The maximum atomic E-state index is 11.6. The number of ether oxygens (including phenoxy) is 2. The molecular weight excluding hydrogens is 318 g/mol. The van der Waals surface area contributed by atoms with E-state index in [-0.39, 0.29) is 18.1 Å². The highest BCUT2D eigenvalue weighted by molar-refractivity contribution is 5.74. The quantitative estimate of drug-likeness (QED) is 0.687. The molecule has 1 heterocycles. The minimum Gasteiger partial charge on any atom is -0.481 e. The third-order valence-electron chi connectivity index (χ3n) is 5.60. The molecule has 1 atom stereocenters. The first-order valence-corrected chi connectivity index (χ1v) is 9.10. The average molecular weight is 349 g/mol. The lowest BCUT2D eigenvalue weighted by Gasteiger charge is -2.45. The van der Waals surface area contributed by atoms with Crippen LogP contribution in [-0.4, -0.2) is 42.7 Å². The molecule has 0 bridgehead atoms. The Morgan fingerprint density at radius 2 is 1.76 bits per heavy atom. The summed E-state index contributed by atoms with van der Waals surface area (Å²) in [5.74, 6) is -0.778. The van der Waals surface area contributed by atoms with E-state index in [9.17, 15) is 9.90 Å². The normalized spacial score (nSPS) is 21.6. The van der Waals surface area contributed by atoms with Crippen LogP contribution in [0, 0.1) is 0 Å². The summed E-state index contributed by atoms with van der Waals surface area (Å²) in [6, 6.07) is 8.23. The van der Waals surface area contributed by atoms with Crippen molar-refractivity contribution >= 4 is 11.7 Å². The number of hydrogen-bond acceptors (Lipinski definition) is 4. The van der Waals surface area contributed by atoms with Gasteiger partial charge in [0, 0.05) is 37.3 Å². The largest absolute Gasteiger partial charge is 0.481 e. The Morgan fingerprint density at radius 1 is 1.16 bits per heavy atom. The van der Waals surface area contributed by atoms with Gasteiger partial charge in [-0.1, -0.05) is 32.0 Å². The van der Waals surface area contributed by atoms with Crippen molar-refractivity contribution in [3.63, 3.8) is 0 Å². The monoisotopic (exact) mass is 349 g/mol. The number of carboxylic acid groups (broad SMARTS) is 1. The van der Waals surface area contributed by atoms with E-state index in [1.165, 1.54) is 5.56 Å². The Labute approximate surface area is 150 Å². The highest BCUT2D eigenvalue weighted by Crippen LogP contribution is 2.53. The van der Waals surface area contributed by atoms with Crippen LogP contribution in [0.15, 0.2) is 24.3 Å². The fourth-order valence-electron chi connectivity index (χ4n) is 3.93. The highest BCUT2D eigenvalue weighted by atomic mass is 16.7. The third-order valence-corrected chi connectivity index (χ3v) is 5.60. The molecule has 1 unspecified atom stereocenters. The number of benzene rings is 1. The molecule has 0 fully saturated rings. The smallest absolute Gasteiger partial charge is 0.305 e. The van der Waals surface area contributed by atoms with E-state index in [4.69, 9.17) is 9.47 Å². The van der Waals surface area contributed by atoms with Crippen LogP contribution >= 0.6 is 0 Å². The van der Waals surface area contributed by atoms with Crippen LogP contribution in [0.5, 0.6) is 0 Å². The van der Waals surface area contributed by atoms with Crippen LogP contribution in [0.2, 0.25) is 0 Å². The number of rotatable bonds is 9. The van der Waals surface area contributed by atoms with Gasteiger partial charge in [0.25, 0.3) is 0 Å². The van der Waals surface area contributed by atoms with E-state index in [2.05, 4.69) is 37.8 Å². The summed E-state index contributed by atoms with van der Waals surface area (Å²) in [6.07, 6.45) is 0.518. The first-order valence-electron chi connectivity index (χ1n) is 9.10. The van der Waals surface area contributed by atoms with Crippen LogP contribution in [-0.2, 0) is 19.7 Å². The summed E-state index contributed by atoms with van der Waals surface area (Å²) >= 11 is 0. The Kier molecular flexibility index (Phi) is 6.12. The fraction of sp³-hybridized carbons (Fsp3) is 0.650. The lowest BCUT2D eigenvalue weighted by atomic mass is 9.69. The number of fused-ring (bicyclic) bond motifs is 1. The van der Waals surface area contributed by atoms with Gasteiger partial charge in [-0.15, -0.1) is 0 Å². The van der Waals surface area contributed by atoms with E-state index in [1.54, 1.807) is 0 Å². The van der Waals surface area contributed by atoms with Gasteiger partial charge >= 0.3 is 5.97 Å². The summed E-state index contributed by atoms with van der Waals surface area (Å²) in [6.45, 7) is 12.1. The molecule has 2 rings (SSSR count). The van der Waals surface area contributed by atoms with Crippen molar-refractivity contribution in [2.75, 3.05) is 24.7 Å². The van der Waals surface area contributed by atoms with Gasteiger partial charge in [-0.3, -0.25) is 4.79 Å². The maximum absolute atomic E-state index is 11.6. The Hall–Kier alpha value is -1.59. The molecule has 0 saturated heterocycles. The summed E-state index contributed by atoms with van der Waals surface area (Å²) in [5, 5.41) is 9.54. The van der Waals surface area contributed by atoms with Crippen LogP contribution in [0.3, 0.4) is 0 Å². The van der Waals surface area contributed by atoms with Crippen molar-refractivity contribution in [2.45, 2.75) is 64.7 Å². The number of aliphatic carboxylic acids is 1. The van der Waals surface area contributed by atoms with Gasteiger partial charge in [0.15, 0.2) is 6.29 Å². The SMILES string of the molecule is CCOC(CCN1c2ccccc2C(C)(C)C1(C)CC(=O)O)OCC. The van der Waals surface area contributed by atoms with Gasteiger partial charge in [0.2, 0.25) is 0 Å². The highest BCUT2D eigenvalue weighted by Gasteiger charge is 2.54. The van der Waals surface area contributed by atoms with Crippen LogP contribution in [0.4, 0.5) is 5.69 Å². The molecule has 0 saturated carbocycles. The minimum absolute atomic E-state index is 0.0859. The molecule has 5 heteroatoms. The molecule has 0 spiro atoms. The Morgan fingerprint density at radius 3 is 2.32 bits per heavy atom. The molecule has 0 aromatic heterocycles. The average Bonchev–Trinajstić information content (AvgIpc) is 2.70. The van der Waals surface area contributed by atoms with Crippen molar-refractivity contribution < 1.29 is 19.4 Å². The molecule has 25 heavy (non-hydrogen) atoms. The molecule has 1 N–H and O–H groups in total. The van der Waals surface area contributed by atoms with E-state index in [0.29, 0.717) is 26.2 Å². The van der Waals surface area contributed by atoms with E-state index in [1.807, 2.05) is 26.0 Å². The van der Waals surface area contributed by atoms with E-state index < -0.39 is 11.5 Å². The first-order chi connectivity index (χ1) is 11.8. The van der Waals surface area contributed by atoms with Gasteiger partial charge in [0.05, 0.1) is 12.0 Å². The van der Waals surface area contributed by atoms with Crippen molar-refractivity contribution in [1.29, 1.82) is 0 Å². The maximum Gasteiger partial charge on any atom is 0.305 e. The van der Waals surface area contributed by atoms with Gasteiger partial charge in [0.1, 0.15) is 0 Å². The number of hydrogen-bond donors (Lipinski definition) is 1. The fourth-order valence-corrected chi connectivity index (χ4v) is 3.93. The van der Waals surface area contributed by atoms with Gasteiger partial charge < -0.3 is 19.5 Å². The standard InChI is InChI=1S/C20H31NO4/c1-6-24-18(25-7-2)12-13-21-16-11-9-8-10-15(16)19(3,4)20(21,5)14-17(22)23/h8-11,18H,6-7,12-14H2,1-5H3,(H,22,23). The molecule has 0 radical (unpaired) electrons. The number of nitrogens with zero attached hydrogens (tertiary/aromatic N) is 1. The van der Waals surface area contributed by atoms with E-state index in [0.717, 1.165) is 5.69 Å². The second-order valence-corrected chi connectivity index (χ2v) is 7.27. The van der Waals surface area contributed by atoms with Gasteiger partial charge in [-0.2, -0.15) is 0 Å². The predicted molar refractivity (Wildman–Crippen MR) is 99.1 cm³/mol. The minimum atomic E-state index is -0.778. The van der Waals surface area contributed by atoms with Crippen molar-refractivity contribution in [1.82, 2.24) is 0 Å². The number of anilines is 1.